The van der Waals surface area contributed by atoms with E-state index in [1.54, 1.807) is 0 Å². The second-order valence-corrected chi connectivity index (χ2v) is 9.98. The van der Waals surface area contributed by atoms with Crippen LogP contribution in [0.4, 0.5) is 0 Å². The van der Waals surface area contributed by atoms with Gasteiger partial charge in [0, 0.05) is 32.1 Å². The fourth-order valence-electron chi connectivity index (χ4n) is 3.89. The molecule has 2 aliphatic rings. The first kappa shape index (κ1) is 25.5. The van der Waals surface area contributed by atoms with Gasteiger partial charge in [-0.2, -0.15) is 0 Å². The normalized spacial score (nSPS) is 22.3. The van der Waals surface area contributed by atoms with Gasteiger partial charge in [-0.15, -0.1) is 24.0 Å². The van der Waals surface area contributed by atoms with E-state index in [-0.39, 0.29) is 47.4 Å². The van der Waals surface area contributed by atoms with Gasteiger partial charge in [-0.25, -0.2) is 8.42 Å². The summed E-state index contributed by atoms with van der Waals surface area (Å²) >= 11 is 0. The molecule has 28 heavy (non-hydrogen) atoms. The van der Waals surface area contributed by atoms with E-state index < -0.39 is 9.84 Å². The molecule has 1 amide bonds. The van der Waals surface area contributed by atoms with Gasteiger partial charge in [-0.3, -0.25) is 9.79 Å². The molecule has 1 atom stereocenters. The first-order valence-electron chi connectivity index (χ1n) is 10.5. The van der Waals surface area contributed by atoms with Gasteiger partial charge in [0.05, 0.1) is 11.5 Å². The molecule has 7 nitrogen and oxygen atoms in total. The first-order valence-corrected chi connectivity index (χ1v) is 12.3. The van der Waals surface area contributed by atoms with Crippen LogP contribution in [0.25, 0.3) is 0 Å². The SMILES string of the molecule is CCNC(=NCCCC1CCCCC1)NCCC(=O)NC1CCS(=O)(=O)C1.I. The van der Waals surface area contributed by atoms with E-state index in [2.05, 4.69) is 20.9 Å². The van der Waals surface area contributed by atoms with Crippen molar-refractivity contribution in [3.8, 4) is 0 Å². The zero-order valence-electron chi connectivity index (χ0n) is 17.0. The summed E-state index contributed by atoms with van der Waals surface area (Å²) in [5, 5.41) is 9.21. The average molecular weight is 529 g/mol. The Kier molecular flexibility index (Phi) is 12.4. The van der Waals surface area contributed by atoms with Gasteiger partial charge in [0.15, 0.2) is 15.8 Å². The van der Waals surface area contributed by atoms with E-state index in [9.17, 15) is 13.2 Å². The number of carbonyl (C=O) groups excluding carboxylic acids is 1. The molecule has 0 spiro atoms. The predicted octanol–water partition coefficient (Wildman–Crippen LogP) is 2.21. The lowest BCUT2D eigenvalue weighted by atomic mass is 9.86. The minimum Gasteiger partial charge on any atom is -0.357 e. The molecule has 0 aromatic heterocycles. The maximum atomic E-state index is 12.0. The molecule has 1 saturated heterocycles. The minimum absolute atomic E-state index is 0. The maximum Gasteiger partial charge on any atom is 0.222 e. The molecule has 1 aliphatic heterocycles. The van der Waals surface area contributed by atoms with Crippen LogP contribution in [0.3, 0.4) is 0 Å². The van der Waals surface area contributed by atoms with Crippen molar-refractivity contribution in [3.05, 3.63) is 0 Å². The summed E-state index contributed by atoms with van der Waals surface area (Å²) in [7, 11) is -2.96. The van der Waals surface area contributed by atoms with Crippen molar-refractivity contribution in [3.63, 3.8) is 0 Å². The lowest BCUT2D eigenvalue weighted by Gasteiger charge is -2.20. The van der Waals surface area contributed by atoms with E-state index in [0.29, 0.717) is 19.4 Å². The number of aliphatic imine (C=N–C) groups is 1. The van der Waals surface area contributed by atoms with E-state index in [1.807, 2.05) is 6.92 Å². The molecule has 1 heterocycles. The molecular formula is C19H37IN4O3S. The highest BCUT2D eigenvalue weighted by atomic mass is 127. The van der Waals surface area contributed by atoms with E-state index >= 15 is 0 Å². The van der Waals surface area contributed by atoms with Gasteiger partial charge in [0.2, 0.25) is 5.91 Å². The third-order valence-electron chi connectivity index (χ3n) is 5.35. The zero-order valence-corrected chi connectivity index (χ0v) is 20.2. The van der Waals surface area contributed by atoms with Gasteiger partial charge in [-0.1, -0.05) is 32.1 Å². The van der Waals surface area contributed by atoms with E-state index in [1.165, 1.54) is 38.5 Å². The van der Waals surface area contributed by atoms with E-state index in [4.69, 9.17) is 0 Å². The Labute approximate surface area is 187 Å². The van der Waals surface area contributed by atoms with Crippen molar-refractivity contribution in [2.45, 2.75) is 70.8 Å². The molecule has 0 bridgehead atoms. The highest BCUT2D eigenvalue weighted by Crippen LogP contribution is 2.27. The van der Waals surface area contributed by atoms with Crippen molar-refractivity contribution < 1.29 is 13.2 Å². The number of rotatable bonds is 9. The third-order valence-corrected chi connectivity index (χ3v) is 7.12. The van der Waals surface area contributed by atoms with Crippen molar-refractivity contribution >= 4 is 45.7 Å². The van der Waals surface area contributed by atoms with E-state index in [0.717, 1.165) is 31.4 Å². The van der Waals surface area contributed by atoms with Crippen molar-refractivity contribution in [2.75, 3.05) is 31.1 Å². The lowest BCUT2D eigenvalue weighted by molar-refractivity contribution is -0.121. The average Bonchev–Trinajstić information content (AvgIpc) is 2.98. The highest BCUT2D eigenvalue weighted by molar-refractivity contribution is 14.0. The maximum absolute atomic E-state index is 12.0. The number of guanidine groups is 1. The zero-order chi connectivity index (χ0) is 19.5. The molecule has 1 aliphatic carbocycles. The molecule has 0 radical (unpaired) electrons. The molecule has 1 saturated carbocycles. The van der Waals surface area contributed by atoms with Crippen LogP contribution in [0.1, 0.15) is 64.7 Å². The van der Waals surface area contributed by atoms with Crippen LogP contribution >= 0.6 is 24.0 Å². The molecular weight excluding hydrogens is 491 g/mol. The number of carbonyl (C=O) groups is 1. The molecule has 0 aromatic carbocycles. The van der Waals surface area contributed by atoms with Crippen LogP contribution in [0.2, 0.25) is 0 Å². The van der Waals surface area contributed by atoms with Gasteiger partial charge in [-0.05, 0) is 32.1 Å². The highest BCUT2D eigenvalue weighted by Gasteiger charge is 2.28. The summed E-state index contributed by atoms with van der Waals surface area (Å²) in [4.78, 5) is 16.6. The molecule has 2 rings (SSSR count). The number of hydrogen-bond donors (Lipinski definition) is 3. The Balaban J connectivity index is 0.00000392. The molecule has 2 fully saturated rings. The van der Waals surface area contributed by atoms with Gasteiger partial charge in [0.25, 0.3) is 0 Å². The van der Waals surface area contributed by atoms with Crippen LogP contribution in [-0.4, -0.2) is 57.5 Å². The molecule has 9 heteroatoms. The van der Waals surface area contributed by atoms with Crippen LogP contribution < -0.4 is 16.0 Å². The summed E-state index contributed by atoms with van der Waals surface area (Å²) in [5.74, 6) is 1.76. The summed E-state index contributed by atoms with van der Waals surface area (Å²) < 4.78 is 22.9. The summed E-state index contributed by atoms with van der Waals surface area (Å²) in [5.41, 5.74) is 0. The van der Waals surface area contributed by atoms with Gasteiger partial charge in [0.1, 0.15) is 0 Å². The molecule has 1 unspecified atom stereocenters. The Hall–Kier alpha value is -0.580. The largest absolute Gasteiger partial charge is 0.357 e. The molecule has 0 aromatic rings. The number of nitrogens with zero attached hydrogens (tertiary/aromatic N) is 1. The van der Waals surface area contributed by atoms with Crippen LogP contribution in [0, 0.1) is 5.92 Å². The lowest BCUT2D eigenvalue weighted by Crippen LogP contribution is -2.41. The fourth-order valence-corrected chi connectivity index (χ4v) is 5.56. The Bertz CT molecular complexity index is 592. The number of halogens is 1. The second-order valence-electron chi connectivity index (χ2n) is 7.75. The van der Waals surface area contributed by atoms with Crippen LogP contribution in [0.5, 0.6) is 0 Å². The fraction of sp³-hybridized carbons (Fsp3) is 0.895. The predicted molar refractivity (Wildman–Crippen MR) is 125 cm³/mol. The van der Waals surface area contributed by atoms with Gasteiger partial charge >= 0.3 is 0 Å². The Morgan fingerprint density at radius 2 is 1.86 bits per heavy atom. The summed E-state index contributed by atoms with van der Waals surface area (Å²) in [6.45, 7) is 4.09. The second kappa shape index (κ2) is 13.6. The smallest absolute Gasteiger partial charge is 0.222 e. The summed E-state index contributed by atoms with van der Waals surface area (Å²) in [6, 6.07) is -0.232. The molecule has 164 valence electrons. The molecule has 3 N–H and O–H groups in total. The number of sulfone groups is 1. The number of amides is 1. The first-order chi connectivity index (χ1) is 13.0. The Morgan fingerprint density at radius 1 is 1.11 bits per heavy atom. The van der Waals surface area contributed by atoms with Crippen molar-refractivity contribution in [1.29, 1.82) is 0 Å². The van der Waals surface area contributed by atoms with Crippen molar-refractivity contribution in [2.24, 2.45) is 10.9 Å². The summed E-state index contributed by atoms with van der Waals surface area (Å²) in [6.07, 6.45) is 10.1. The number of hydrogen-bond acceptors (Lipinski definition) is 4. The van der Waals surface area contributed by atoms with Crippen LogP contribution in [-0.2, 0) is 14.6 Å². The minimum atomic E-state index is -2.96. The quantitative estimate of drug-likeness (QED) is 0.185. The van der Waals surface area contributed by atoms with Crippen LogP contribution in [0.15, 0.2) is 4.99 Å². The third kappa shape index (κ3) is 10.3. The topological polar surface area (TPSA) is 99.7 Å². The number of nitrogens with one attached hydrogen (secondary N) is 3. The standard InChI is InChI=1S/C19H36N4O3S.HI/c1-2-20-19(21-12-6-9-16-7-4-3-5-8-16)22-13-10-18(24)23-17-11-14-27(25,26)15-17;/h16-17H,2-15H2,1H3,(H,23,24)(H2,20,21,22);1H. The monoisotopic (exact) mass is 528 g/mol. The van der Waals surface area contributed by atoms with Gasteiger partial charge < -0.3 is 16.0 Å². The Morgan fingerprint density at radius 3 is 2.50 bits per heavy atom. The van der Waals surface area contributed by atoms with Crippen molar-refractivity contribution in [1.82, 2.24) is 16.0 Å².